The van der Waals surface area contributed by atoms with Crippen molar-refractivity contribution in [1.29, 1.82) is 0 Å². The van der Waals surface area contributed by atoms with Gasteiger partial charge < -0.3 is 14.4 Å². The number of anilines is 1. The average Bonchev–Trinajstić information content (AvgIpc) is 3.24. The van der Waals surface area contributed by atoms with Crippen molar-refractivity contribution in [1.82, 2.24) is 0 Å². The van der Waals surface area contributed by atoms with Gasteiger partial charge in [0.15, 0.2) is 17.3 Å². The van der Waals surface area contributed by atoms with Crippen LogP contribution in [-0.4, -0.2) is 43.1 Å². The Morgan fingerprint density at radius 1 is 1.00 bits per heavy atom. The second-order valence-electron chi connectivity index (χ2n) is 8.55. The number of methoxy groups -OCH3 is 2. The molecule has 4 atom stereocenters. The van der Waals surface area contributed by atoms with Gasteiger partial charge in [-0.3, -0.25) is 14.9 Å². The molecule has 2 heterocycles. The highest BCUT2D eigenvalue weighted by Gasteiger charge is 2.59. The molecular weight excluding hydrogens is 468 g/mol. The van der Waals surface area contributed by atoms with Gasteiger partial charge in [0.05, 0.1) is 20.1 Å². The van der Waals surface area contributed by atoms with E-state index in [0.29, 0.717) is 27.6 Å². The van der Waals surface area contributed by atoms with E-state index >= 15 is 0 Å². The summed E-state index contributed by atoms with van der Waals surface area (Å²) in [6.07, 6.45) is 3.73. The number of hydrogen-bond donors (Lipinski definition) is 0. The summed E-state index contributed by atoms with van der Waals surface area (Å²) in [6, 6.07) is 17.0. The van der Waals surface area contributed by atoms with Gasteiger partial charge in [-0.25, -0.2) is 0 Å². The summed E-state index contributed by atoms with van der Waals surface area (Å²) >= 11 is 6.06. The number of nitrogens with zero attached hydrogens (tertiary/aromatic N) is 2. The zero-order chi connectivity index (χ0) is 24.7. The number of para-hydroxylation sites is 1. The van der Waals surface area contributed by atoms with Gasteiger partial charge in [0.25, 0.3) is 0 Å². The number of carbonyl (C=O) groups is 1. The SMILES string of the molecule is COc1ccc([C@@H]2[C@H]([N+](=O)[O-])[C@@H]3C=Cc4ccccc4N3[C@@H]2C(=O)c2ccc(Cl)cc2)cc1OC. The van der Waals surface area contributed by atoms with E-state index in [4.69, 9.17) is 21.1 Å². The molecule has 0 radical (unpaired) electrons. The van der Waals surface area contributed by atoms with Crippen molar-refractivity contribution in [3.8, 4) is 11.5 Å². The van der Waals surface area contributed by atoms with Crippen molar-refractivity contribution in [3.63, 3.8) is 0 Å². The normalized spacial score (nSPS) is 22.3. The first-order valence-corrected chi connectivity index (χ1v) is 11.5. The van der Waals surface area contributed by atoms with E-state index in [9.17, 15) is 14.9 Å². The molecule has 3 aromatic rings. The van der Waals surface area contributed by atoms with Crippen LogP contribution in [-0.2, 0) is 0 Å². The van der Waals surface area contributed by atoms with Crippen LogP contribution in [0.5, 0.6) is 11.5 Å². The smallest absolute Gasteiger partial charge is 0.245 e. The first kappa shape index (κ1) is 22.9. The number of ether oxygens (including phenoxy) is 2. The summed E-state index contributed by atoms with van der Waals surface area (Å²) in [6.45, 7) is 0. The lowest BCUT2D eigenvalue weighted by molar-refractivity contribution is -0.524. The third kappa shape index (κ3) is 3.82. The molecule has 2 aliphatic rings. The molecule has 0 aliphatic carbocycles. The van der Waals surface area contributed by atoms with Crippen LogP contribution in [0.15, 0.2) is 72.8 Å². The third-order valence-electron chi connectivity index (χ3n) is 6.80. The lowest BCUT2D eigenvalue weighted by Crippen LogP contribution is -2.44. The standard InChI is InChI=1S/C27H23ClN2O5/c1-34-22-14-10-18(15-23(22)35-2)24-25(30(32)33)21-13-9-16-5-3-4-6-20(16)29(21)26(24)27(31)17-7-11-19(28)12-8-17/h3-15,21,24-26H,1-2H3/t21-,24+,25+,26-/m0/s1. The first-order valence-electron chi connectivity index (χ1n) is 11.2. The monoisotopic (exact) mass is 490 g/mol. The molecule has 1 fully saturated rings. The molecule has 35 heavy (non-hydrogen) atoms. The zero-order valence-electron chi connectivity index (χ0n) is 19.1. The first-order chi connectivity index (χ1) is 16.9. The second-order valence-corrected chi connectivity index (χ2v) is 8.98. The molecule has 5 rings (SSSR count). The van der Waals surface area contributed by atoms with Crippen molar-refractivity contribution in [2.24, 2.45) is 0 Å². The van der Waals surface area contributed by atoms with Crippen molar-refractivity contribution < 1.29 is 19.2 Å². The van der Waals surface area contributed by atoms with E-state index in [1.165, 1.54) is 14.2 Å². The van der Waals surface area contributed by atoms with Crippen molar-refractivity contribution >= 4 is 29.1 Å². The summed E-state index contributed by atoms with van der Waals surface area (Å²) < 4.78 is 10.8. The largest absolute Gasteiger partial charge is 0.493 e. The molecule has 0 bridgehead atoms. The van der Waals surface area contributed by atoms with E-state index in [0.717, 1.165) is 11.3 Å². The van der Waals surface area contributed by atoms with Crippen LogP contribution in [0.25, 0.3) is 6.08 Å². The molecule has 7 nitrogen and oxygen atoms in total. The van der Waals surface area contributed by atoms with E-state index in [1.807, 2.05) is 41.3 Å². The highest BCUT2D eigenvalue weighted by molar-refractivity contribution is 6.30. The van der Waals surface area contributed by atoms with E-state index in [1.54, 1.807) is 42.5 Å². The number of Topliss-reactive ketones (excluding diaryl/α,β-unsaturated/α-hetero) is 1. The maximum atomic E-state index is 14.1. The summed E-state index contributed by atoms with van der Waals surface area (Å²) in [7, 11) is 3.04. The Morgan fingerprint density at radius 2 is 1.71 bits per heavy atom. The molecule has 3 aromatic carbocycles. The van der Waals surface area contributed by atoms with Gasteiger partial charge in [0, 0.05) is 21.2 Å². The molecule has 178 valence electrons. The maximum absolute atomic E-state index is 14.1. The number of benzene rings is 3. The van der Waals surface area contributed by atoms with Gasteiger partial charge >= 0.3 is 0 Å². The molecule has 0 spiro atoms. The van der Waals surface area contributed by atoms with Crippen LogP contribution in [0.1, 0.15) is 27.4 Å². The fraction of sp³-hybridized carbons (Fsp3) is 0.222. The second kappa shape index (κ2) is 9.07. The summed E-state index contributed by atoms with van der Waals surface area (Å²) in [5.41, 5.74) is 2.78. The predicted octanol–water partition coefficient (Wildman–Crippen LogP) is 5.25. The lowest BCUT2D eigenvalue weighted by Gasteiger charge is -2.34. The topological polar surface area (TPSA) is 81.9 Å². The number of fused-ring (bicyclic) bond motifs is 3. The van der Waals surface area contributed by atoms with Crippen LogP contribution < -0.4 is 14.4 Å². The Morgan fingerprint density at radius 3 is 2.40 bits per heavy atom. The van der Waals surface area contributed by atoms with Gasteiger partial charge in [-0.2, -0.15) is 0 Å². The quantitative estimate of drug-likeness (QED) is 0.266. The van der Waals surface area contributed by atoms with Crippen LogP contribution >= 0.6 is 11.6 Å². The van der Waals surface area contributed by atoms with Gasteiger partial charge in [-0.1, -0.05) is 48.0 Å². The van der Waals surface area contributed by atoms with E-state index in [-0.39, 0.29) is 10.7 Å². The summed E-state index contributed by atoms with van der Waals surface area (Å²) in [5, 5.41) is 13.1. The van der Waals surface area contributed by atoms with Crippen molar-refractivity contribution in [2.75, 3.05) is 19.1 Å². The average molecular weight is 491 g/mol. The zero-order valence-corrected chi connectivity index (χ0v) is 19.9. The fourth-order valence-corrected chi connectivity index (χ4v) is 5.40. The molecule has 0 N–H and O–H groups in total. The third-order valence-corrected chi connectivity index (χ3v) is 7.05. The number of hydrogen-bond acceptors (Lipinski definition) is 6. The highest BCUT2D eigenvalue weighted by atomic mass is 35.5. The molecule has 2 aliphatic heterocycles. The molecule has 8 heteroatoms. The minimum Gasteiger partial charge on any atom is -0.493 e. The molecule has 0 amide bonds. The number of nitro groups is 1. The molecule has 1 saturated heterocycles. The summed E-state index contributed by atoms with van der Waals surface area (Å²) in [4.78, 5) is 28.2. The molecule has 0 aromatic heterocycles. The van der Waals surface area contributed by atoms with Crippen LogP contribution in [0.2, 0.25) is 5.02 Å². The maximum Gasteiger partial charge on any atom is 0.245 e. The lowest BCUT2D eigenvalue weighted by atomic mass is 9.83. The Labute approximate surface area is 207 Å². The molecule has 0 unspecified atom stereocenters. The Balaban J connectivity index is 1.72. The van der Waals surface area contributed by atoms with Gasteiger partial charge in [0.2, 0.25) is 6.04 Å². The van der Waals surface area contributed by atoms with Crippen LogP contribution in [0.3, 0.4) is 0 Å². The molecular formula is C27H23ClN2O5. The van der Waals surface area contributed by atoms with E-state index < -0.39 is 24.0 Å². The number of halogens is 1. The van der Waals surface area contributed by atoms with Crippen LogP contribution in [0, 0.1) is 10.1 Å². The van der Waals surface area contributed by atoms with Gasteiger partial charge in [-0.15, -0.1) is 0 Å². The fourth-order valence-electron chi connectivity index (χ4n) is 5.27. The van der Waals surface area contributed by atoms with Crippen molar-refractivity contribution in [2.45, 2.75) is 24.0 Å². The minimum atomic E-state index is -1.06. The Hall–Kier alpha value is -3.84. The van der Waals surface area contributed by atoms with Gasteiger partial charge in [0.1, 0.15) is 12.1 Å². The minimum absolute atomic E-state index is 0.207. The molecule has 0 saturated carbocycles. The Kier molecular flexibility index (Phi) is 5.94. The Bertz CT molecular complexity index is 1320. The summed E-state index contributed by atoms with van der Waals surface area (Å²) in [5.74, 6) is 0.00995. The number of ketones is 1. The van der Waals surface area contributed by atoms with Gasteiger partial charge in [-0.05, 0) is 53.6 Å². The van der Waals surface area contributed by atoms with Crippen molar-refractivity contribution in [3.05, 3.63) is 105 Å². The number of rotatable bonds is 6. The number of carbonyl (C=O) groups excluding carboxylic acids is 1. The van der Waals surface area contributed by atoms with Crippen LogP contribution in [0.4, 0.5) is 5.69 Å². The predicted molar refractivity (Wildman–Crippen MR) is 134 cm³/mol. The van der Waals surface area contributed by atoms with E-state index in [2.05, 4.69) is 0 Å². The highest BCUT2D eigenvalue weighted by Crippen LogP contribution is 2.48.